The number of nitrogens with one attached hydrogen (secondary N) is 3. The maximum absolute atomic E-state index is 14.9. The molecule has 1 aromatic carbocycles. The van der Waals surface area contributed by atoms with Crippen LogP contribution in [0.5, 0.6) is 0 Å². The largest absolute Gasteiger partial charge is 0.384 e. The van der Waals surface area contributed by atoms with Gasteiger partial charge in [-0.25, -0.2) is 9.37 Å². The van der Waals surface area contributed by atoms with Gasteiger partial charge in [0.1, 0.15) is 11.6 Å². The van der Waals surface area contributed by atoms with Crippen LogP contribution in [-0.2, 0) is 9.47 Å². The number of rotatable bonds is 10. The maximum Gasteiger partial charge on any atom is 0.131 e. The molecule has 0 bridgehead atoms. The van der Waals surface area contributed by atoms with Crippen LogP contribution in [-0.4, -0.2) is 57.1 Å². The molecule has 2 aliphatic rings. The van der Waals surface area contributed by atoms with Crippen molar-refractivity contribution in [2.75, 3.05) is 50.7 Å². The minimum atomic E-state index is -0.297. The molecule has 4 rings (SSSR count). The summed E-state index contributed by atoms with van der Waals surface area (Å²) in [6.07, 6.45) is 7.97. The highest BCUT2D eigenvalue weighted by molar-refractivity contribution is 6.33. The highest BCUT2D eigenvalue weighted by Gasteiger charge is 2.27. The van der Waals surface area contributed by atoms with Gasteiger partial charge in [-0.05, 0) is 68.2 Å². The number of anilines is 2. The Kier molecular flexibility index (Phi) is 9.22. The predicted octanol–water partition coefficient (Wildman–Crippen LogP) is 5.73. The summed E-state index contributed by atoms with van der Waals surface area (Å²) in [5.74, 6) is 0.433. The molecular weight excluding hydrogens is 467 g/mol. The van der Waals surface area contributed by atoms with Gasteiger partial charge in [0, 0.05) is 68.5 Å². The fourth-order valence-electron chi connectivity index (χ4n) is 4.94. The molecule has 1 saturated heterocycles. The van der Waals surface area contributed by atoms with Crippen LogP contribution >= 0.6 is 11.6 Å². The van der Waals surface area contributed by atoms with E-state index in [4.69, 9.17) is 21.1 Å². The Morgan fingerprint density at radius 2 is 1.86 bits per heavy atom. The standard InChI is InChI=1S/C27H38ClFN4O2/c1-27(9-12-35-13-10-27)18-32-21-7-8-25(29)23(15-21)22-16-26(31-17-24(22)28)33-20-5-3-19(4-6-20)30-11-14-34-2/h7-8,15-17,19-20,30,32H,3-6,9-14,18H2,1-2H3,(H,31,33)/t19-,20-. The zero-order valence-electron chi connectivity index (χ0n) is 20.8. The van der Waals surface area contributed by atoms with Crippen molar-refractivity contribution in [1.29, 1.82) is 0 Å². The molecule has 6 nitrogen and oxygen atoms in total. The van der Waals surface area contributed by atoms with Gasteiger partial charge in [0.25, 0.3) is 0 Å². The van der Waals surface area contributed by atoms with E-state index in [-0.39, 0.29) is 11.2 Å². The van der Waals surface area contributed by atoms with Crippen molar-refractivity contribution in [2.24, 2.45) is 5.41 Å². The topological polar surface area (TPSA) is 67.4 Å². The summed E-state index contributed by atoms with van der Waals surface area (Å²) in [4.78, 5) is 4.47. The van der Waals surface area contributed by atoms with Gasteiger partial charge < -0.3 is 25.4 Å². The number of nitrogens with zero attached hydrogens (tertiary/aromatic N) is 1. The minimum absolute atomic E-state index is 0.177. The zero-order valence-corrected chi connectivity index (χ0v) is 21.6. The van der Waals surface area contributed by atoms with E-state index in [2.05, 4.69) is 27.9 Å². The fourth-order valence-corrected chi connectivity index (χ4v) is 5.14. The normalized spacial score (nSPS) is 22.1. The summed E-state index contributed by atoms with van der Waals surface area (Å²) < 4.78 is 25.5. The molecule has 1 aliphatic carbocycles. The fraction of sp³-hybridized carbons (Fsp3) is 0.593. The molecule has 3 N–H and O–H groups in total. The highest BCUT2D eigenvalue weighted by atomic mass is 35.5. The number of ether oxygens (including phenoxy) is 2. The van der Waals surface area contributed by atoms with Crippen LogP contribution in [0.25, 0.3) is 11.1 Å². The van der Waals surface area contributed by atoms with E-state index in [9.17, 15) is 4.39 Å². The molecule has 8 heteroatoms. The summed E-state index contributed by atoms with van der Waals surface area (Å²) in [5, 5.41) is 11.0. The van der Waals surface area contributed by atoms with Gasteiger partial charge in [-0.15, -0.1) is 0 Å². The average Bonchev–Trinajstić information content (AvgIpc) is 2.86. The van der Waals surface area contributed by atoms with E-state index < -0.39 is 0 Å². The monoisotopic (exact) mass is 504 g/mol. The molecule has 0 radical (unpaired) electrons. The summed E-state index contributed by atoms with van der Waals surface area (Å²) in [6, 6.07) is 7.88. The molecule has 1 aliphatic heterocycles. The first kappa shape index (κ1) is 26.1. The molecule has 2 aromatic rings. The number of hydrogen-bond acceptors (Lipinski definition) is 6. The van der Waals surface area contributed by atoms with Crippen LogP contribution in [0.2, 0.25) is 5.02 Å². The first-order valence-electron chi connectivity index (χ1n) is 12.7. The lowest BCUT2D eigenvalue weighted by atomic mass is 9.82. The van der Waals surface area contributed by atoms with Crippen molar-refractivity contribution in [3.63, 3.8) is 0 Å². The van der Waals surface area contributed by atoms with E-state index in [1.807, 2.05) is 12.1 Å². The first-order valence-corrected chi connectivity index (χ1v) is 13.1. The lowest BCUT2D eigenvalue weighted by Gasteiger charge is -2.34. The first-order chi connectivity index (χ1) is 17.0. The Hall–Kier alpha value is -1.93. The summed E-state index contributed by atoms with van der Waals surface area (Å²) in [7, 11) is 1.72. The van der Waals surface area contributed by atoms with E-state index in [1.54, 1.807) is 19.4 Å². The average molecular weight is 505 g/mol. The quantitative estimate of drug-likeness (QED) is 0.359. The van der Waals surface area contributed by atoms with Crippen LogP contribution in [0.3, 0.4) is 0 Å². The van der Waals surface area contributed by atoms with Gasteiger partial charge >= 0.3 is 0 Å². The predicted molar refractivity (Wildman–Crippen MR) is 141 cm³/mol. The van der Waals surface area contributed by atoms with Gasteiger partial charge in [0.05, 0.1) is 11.6 Å². The molecule has 0 unspecified atom stereocenters. The Bertz CT molecular complexity index is 962. The second kappa shape index (κ2) is 12.3. The van der Waals surface area contributed by atoms with Gasteiger partial charge in [0.15, 0.2) is 0 Å². The molecule has 0 atom stereocenters. The van der Waals surface area contributed by atoms with Crippen LogP contribution in [0.4, 0.5) is 15.9 Å². The van der Waals surface area contributed by atoms with Gasteiger partial charge in [-0.2, -0.15) is 0 Å². The lowest BCUT2D eigenvalue weighted by Crippen LogP contribution is -2.38. The number of benzene rings is 1. The van der Waals surface area contributed by atoms with Crippen LogP contribution in [0.15, 0.2) is 30.5 Å². The van der Waals surface area contributed by atoms with Crippen LogP contribution in [0.1, 0.15) is 45.4 Å². The van der Waals surface area contributed by atoms with E-state index in [1.165, 1.54) is 6.07 Å². The number of pyridine rings is 1. The third kappa shape index (κ3) is 7.29. The maximum atomic E-state index is 14.9. The molecule has 2 fully saturated rings. The van der Waals surface area contributed by atoms with Crippen molar-refractivity contribution in [3.8, 4) is 11.1 Å². The van der Waals surface area contributed by atoms with Crippen molar-refractivity contribution >= 4 is 23.1 Å². The van der Waals surface area contributed by atoms with Crippen LogP contribution in [0, 0.1) is 11.2 Å². The van der Waals surface area contributed by atoms with E-state index in [0.717, 1.165) is 82.9 Å². The van der Waals surface area contributed by atoms with Gasteiger partial charge in [-0.3, -0.25) is 0 Å². The van der Waals surface area contributed by atoms with Gasteiger partial charge in [-0.1, -0.05) is 18.5 Å². The van der Waals surface area contributed by atoms with Crippen molar-refractivity contribution < 1.29 is 13.9 Å². The van der Waals surface area contributed by atoms with Gasteiger partial charge in [0.2, 0.25) is 0 Å². The van der Waals surface area contributed by atoms with Crippen LogP contribution < -0.4 is 16.0 Å². The lowest BCUT2D eigenvalue weighted by molar-refractivity contribution is 0.0300. The Balaban J connectivity index is 1.40. The van der Waals surface area contributed by atoms with Crippen molar-refractivity contribution in [3.05, 3.63) is 41.3 Å². The summed E-state index contributed by atoms with van der Waals surface area (Å²) in [5.41, 5.74) is 2.19. The molecule has 192 valence electrons. The second-order valence-electron chi connectivity index (χ2n) is 10.2. The SMILES string of the molecule is COCCN[C@H]1CC[C@H](Nc2cc(-c3cc(NCC4(C)CCOCC4)ccc3F)c(Cl)cn2)CC1. The molecule has 2 heterocycles. The number of methoxy groups -OCH3 is 1. The third-order valence-corrected chi connectivity index (χ3v) is 7.65. The number of hydrogen-bond donors (Lipinski definition) is 3. The molecule has 35 heavy (non-hydrogen) atoms. The number of halogens is 2. The van der Waals surface area contributed by atoms with Crippen molar-refractivity contribution in [1.82, 2.24) is 10.3 Å². The summed E-state index contributed by atoms with van der Waals surface area (Å²) >= 11 is 6.49. The smallest absolute Gasteiger partial charge is 0.131 e. The molecule has 1 saturated carbocycles. The second-order valence-corrected chi connectivity index (χ2v) is 10.6. The Morgan fingerprint density at radius 1 is 1.11 bits per heavy atom. The molecular formula is C27H38ClFN4O2. The van der Waals surface area contributed by atoms with E-state index in [0.29, 0.717) is 28.2 Å². The van der Waals surface area contributed by atoms with Crippen molar-refractivity contribution in [2.45, 2.75) is 57.5 Å². The Labute approximate surface area is 213 Å². The van der Waals surface area contributed by atoms with E-state index >= 15 is 0 Å². The molecule has 1 aromatic heterocycles. The number of aromatic nitrogens is 1. The molecule has 0 spiro atoms. The minimum Gasteiger partial charge on any atom is -0.384 e. The molecule has 0 amide bonds. The Morgan fingerprint density at radius 3 is 2.60 bits per heavy atom. The highest BCUT2D eigenvalue weighted by Crippen LogP contribution is 2.35. The third-order valence-electron chi connectivity index (χ3n) is 7.35. The summed E-state index contributed by atoms with van der Waals surface area (Å²) in [6.45, 7) is 6.29. The zero-order chi connectivity index (χ0) is 24.7.